The normalized spacial score (nSPS) is 25.5. The zero-order chi connectivity index (χ0) is 7.61. The van der Waals surface area contributed by atoms with Crippen molar-refractivity contribution in [1.29, 1.82) is 0 Å². The number of sulfonamides is 1. The topological polar surface area (TPSA) is 46.2 Å². The molecule has 0 fully saturated rings. The van der Waals surface area contributed by atoms with Gasteiger partial charge < -0.3 is 0 Å². The van der Waals surface area contributed by atoms with Crippen molar-refractivity contribution >= 4 is 21.8 Å². The molecule has 0 aliphatic carbocycles. The van der Waals surface area contributed by atoms with Crippen LogP contribution in [0.1, 0.15) is 6.42 Å². The van der Waals surface area contributed by atoms with E-state index in [2.05, 4.69) is 4.72 Å². The van der Waals surface area contributed by atoms with Crippen LogP contribution in [0.5, 0.6) is 0 Å². The summed E-state index contributed by atoms with van der Waals surface area (Å²) in [5.74, 6) is 0. The van der Waals surface area contributed by atoms with Crippen molar-refractivity contribution in [2.24, 2.45) is 0 Å². The zero-order valence-corrected chi connectivity index (χ0v) is 7.21. The molecule has 1 aliphatic rings. The average Bonchev–Trinajstić information content (AvgIpc) is 2.12. The van der Waals surface area contributed by atoms with Gasteiger partial charge in [-0.2, -0.15) is 0 Å². The van der Waals surface area contributed by atoms with Crippen molar-refractivity contribution in [3.63, 3.8) is 0 Å². The summed E-state index contributed by atoms with van der Waals surface area (Å²) in [5, 5.41) is 1.93. The average molecular weight is 179 g/mol. The Labute approximate surface area is 64.9 Å². The van der Waals surface area contributed by atoms with Crippen LogP contribution < -0.4 is 4.72 Å². The third-order valence-corrected chi connectivity index (χ3v) is 2.89. The van der Waals surface area contributed by atoms with Crippen molar-refractivity contribution in [2.75, 3.05) is 6.26 Å². The summed E-state index contributed by atoms with van der Waals surface area (Å²) in [4.78, 5) is 0. The summed E-state index contributed by atoms with van der Waals surface area (Å²) in [6, 6.07) is 0. The Balaban J connectivity index is 2.41. The van der Waals surface area contributed by atoms with Gasteiger partial charge in [0.05, 0.1) is 11.6 Å². The van der Waals surface area contributed by atoms with Crippen LogP contribution in [-0.2, 0) is 10.0 Å². The molecule has 3 nitrogen and oxygen atoms in total. The number of rotatable bonds is 2. The second-order valence-corrected chi connectivity index (χ2v) is 5.02. The summed E-state index contributed by atoms with van der Waals surface area (Å²) in [5.41, 5.74) is 0. The molecule has 0 aromatic carbocycles. The predicted molar refractivity (Wildman–Crippen MR) is 43.1 cm³/mol. The maximum Gasteiger partial charge on any atom is 0.209 e. The fourth-order valence-electron chi connectivity index (χ4n) is 0.700. The van der Waals surface area contributed by atoms with Gasteiger partial charge in [-0.05, 0) is 11.8 Å². The van der Waals surface area contributed by atoms with E-state index in [9.17, 15) is 8.42 Å². The third-order valence-electron chi connectivity index (χ3n) is 1.03. The lowest BCUT2D eigenvalue weighted by molar-refractivity contribution is 0.585. The highest BCUT2D eigenvalue weighted by atomic mass is 32.2. The first-order valence-corrected chi connectivity index (χ1v) is 5.69. The van der Waals surface area contributed by atoms with Gasteiger partial charge >= 0.3 is 0 Å². The van der Waals surface area contributed by atoms with E-state index in [1.54, 1.807) is 0 Å². The van der Waals surface area contributed by atoms with Crippen molar-refractivity contribution in [1.82, 2.24) is 4.72 Å². The van der Waals surface area contributed by atoms with Crippen LogP contribution in [-0.4, -0.2) is 20.0 Å². The van der Waals surface area contributed by atoms with Crippen LogP contribution in [0.3, 0.4) is 0 Å². The second kappa shape index (κ2) is 2.94. The summed E-state index contributed by atoms with van der Waals surface area (Å²) < 4.78 is 23.8. The van der Waals surface area contributed by atoms with Gasteiger partial charge in [-0.3, -0.25) is 0 Å². The highest BCUT2D eigenvalue weighted by Crippen LogP contribution is 2.21. The number of hydrogen-bond acceptors (Lipinski definition) is 3. The first-order valence-electron chi connectivity index (χ1n) is 2.86. The quantitative estimate of drug-likeness (QED) is 0.672. The zero-order valence-electron chi connectivity index (χ0n) is 5.57. The molecule has 1 rings (SSSR count). The van der Waals surface area contributed by atoms with E-state index in [1.807, 2.05) is 11.5 Å². The SMILES string of the molecule is CS(=O)(=O)NC1CC=CS1. The van der Waals surface area contributed by atoms with E-state index in [0.29, 0.717) is 0 Å². The van der Waals surface area contributed by atoms with Crippen molar-refractivity contribution in [2.45, 2.75) is 11.8 Å². The molecule has 1 unspecified atom stereocenters. The van der Waals surface area contributed by atoms with Gasteiger partial charge in [0.25, 0.3) is 0 Å². The van der Waals surface area contributed by atoms with Gasteiger partial charge in [-0.1, -0.05) is 6.08 Å². The predicted octanol–water partition coefficient (Wildman–Crippen LogP) is 0.512. The first-order chi connectivity index (χ1) is 4.58. The van der Waals surface area contributed by atoms with Gasteiger partial charge in [0.2, 0.25) is 10.0 Å². The lowest BCUT2D eigenvalue weighted by Crippen LogP contribution is -2.29. The molecule has 0 saturated heterocycles. The van der Waals surface area contributed by atoms with E-state index >= 15 is 0 Å². The smallest absolute Gasteiger partial charge is 0.209 e. The summed E-state index contributed by atoms with van der Waals surface area (Å²) in [7, 11) is -3.02. The summed E-state index contributed by atoms with van der Waals surface area (Å²) in [6.07, 6.45) is 3.91. The minimum absolute atomic E-state index is 0.0231. The lowest BCUT2D eigenvalue weighted by atomic mass is 10.4. The van der Waals surface area contributed by atoms with E-state index < -0.39 is 10.0 Å². The van der Waals surface area contributed by atoms with E-state index in [0.717, 1.165) is 6.42 Å². The van der Waals surface area contributed by atoms with Crippen LogP contribution in [0.2, 0.25) is 0 Å². The molecule has 1 N–H and O–H groups in total. The third kappa shape index (κ3) is 2.72. The molecule has 10 heavy (non-hydrogen) atoms. The Bertz CT molecular complexity index is 224. The molecule has 0 bridgehead atoms. The van der Waals surface area contributed by atoms with Gasteiger partial charge in [-0.25, -0.2) is 13.1 Å². The van der Waals surface area contributed by atoms with Gasteiger partial charge in [-0.15, -0.1) is 11.8 Å². The second-order valence-electron chi connectivity index (χ2n) is 2.12. The molecule has 58 valence electrons. The molecule has 0 saturated carbocycles. The maximum atomic E-state index is 10.6. The highest BCUT2D eigenvalue weighted by molar-refractivity contribution is 8.03. The molecule has 0 radical (unpaired) electrons. The van der Waals surface area contributed by atoms with Crippen LogP contribution in [0.4, 0.5) is 0 Å². The number of nitrogens with one attached hydrogen (secondary N) is 1. The minimum Gasteiger partial charge on any atom is -0.213 e. The monoisotopic (exact) mass is 179 g/mol. The molecule has 1 aliphatic heterocycles. The molecular formula is C5H9NO2S2. The highest BCUT2D eigenvalue weighted by Gasteiger charge is 2.14. The molecule has 0 amide bonds. The van der Waals surface area contributed by atoms with Crippen LogP contribution in [0, 0.1) is 0 Å². The van der Waals surface area contributed by atoms with Gasteiger partial charge in [0, 0.05) is 0 Å². The van der Waals surface area contributed by atoms with Crippen LogP contribution in [0.25, 0.3) is 0 Å². The Morgan fingerprint density at radius 2 is 2.40 bits per heavy atom. The molecule has 5 heteroatoms. The Hall–Kier alpha value is -0.000000000000000111. The van der Waals surface area contributed by atoms with Crippen molar-refractivity contribution in [3.8, 4) is 0 Å². The van der Waals surface area contributed by atoms with E-state index in [1.165, 1.54) is 18.0 Å². The molecule has 0 aromatic heterocycles. The Kier molecular flexibility index (Phi) is 2.38. The molecule has 1 atom stereocenters. The van der Waals surface area contributed by atoms with Gasteiger partial charge in [0.15, 0.2) is 0 Å². The Morgan fingerprint density at radius 1 is 1.70 bits per heavy atom. The Morgan fingerprint density at radius 3 is 2.80 bits per heavy atom. The number of hydrogen-bond donors (Lipinski definition) is 1. The number of thioether (sulfide) groups is 1. The lowest BCUT2D eigenvalue weighted by Gasteiger charge is -2.07. The summed E-state index contributed by atoms with van der Waals surface area (Å²) >= 11 is 1.50. The van der Waals surface area contributed by atoms with E-state index in [-0.39, 0.29) is 5.37 Å². The van der Waals surface area contributed by atoms with E-state index in [4.69, 9.17) is 0 Å². The summed E-state index contributed by atoms with van der Waals surface area (Å²) in [6.45, 7) is 0. The fourth-order valence-corrected chi connectivity index (χ4v) is 2.65. The molecule has 0 spiro atoms. The van der Waals surface area contributed by atoms with Crippen molar-refractivity contribution in [3.05, 3.63) is 11.5 Å². The minimum atomic E-state index is -3.02. The first kappa shape index (κ1) is 8.10. The molecule has 1 heterocycles. The largest absolute Gasteiger partial charge is 0.213 e. The maximum absolute atomic E-state index is 10.6. The molecule has 0 aromatic rings. The molecular weight excluding hydrogens is 170 g/mol. The van der Waals surface area contributed by atoms with Crippen LogP contribution in [0.15, 0.2) is 11.5 Å². The fraction of sp³-hybridized carbons (Fsp3) is 0.600. The van der Waals surface area contributed by atoms with Crippen LogP contribution >= 0.6 is 11.8 Å². The van der Waals surface area contributed by atoms with Crippen molar-refractivity contribution < 1.29 is 8.42 Å². The van der Waals surface area contributed by atoms with Gasteiger partial charge in [0.1, 0.15) is 0 Å². The standard InChI is InChI=1S/C5H9NO2S2/c1-10(7,8)6-5-3-2-4-9-5/h2,4-6H,3H2,1H3.